The number of nitrogens with two attached hydrogens (primary N) is 2. The highest BCUT2D eigenvalue weighted by molar-refractivity contribution is 7.92. The van der Waals surface area contributed by atoms with Gasteiger partial charge in [-0.15, -0.1) is 0 Å². The maximum Gasteiger partial charge on any atom is 0.235 e. The summed E-state index contributed by atoms with van der Waals surface area (Å²) in [5, 5.41) is 1.16. The molecule has 2 amide bonds. The van der Waals surface area contributed by atoms with E-state index in [9.17, 15) is 18.0 Å². The third-order valence-corrected chi connectivity index (χ3v) is 4.10. The summed E-state index contributed by atoms with van der Waals surface area (Å²) in [7, 11) is -3.65. The van der Waals surface area contributed by atoms with E-state index in [4.69, 9.17) is 11.5 Å². The maximum absolute atomic E-state index is 11.4. The molecule has 0 aliphatic rings. The number of carbonyl (C=O) groups excluding carboxylic acids is 2. The molecular formula is C8H17N3O4S. The first kappa shape index (κ1) is 14.8. The largest absolute Gasteiger partial charge is 0.369 e. The molecule has 0 saturated heterocycles. The monoisotopic (exact) mass is 251 g/mol. The minimum Gasteiger partial charge on any atom is -0.369 e. The Morgan fingerprint density at radius 1 is 1.38 bits per heavy atom. The quantitative estimate of drug-likeness (QED) is 0.469. The van der Waals surface area contributed by atoms with Gasteiger partial charge < -0.3 is 16.8 Å². The van der Waals surface area contributed by atoms with Crippen LogP contribution in [-0.2, 0) is 19.4 Å². The van der Waals surface area contributed by atoms with Crippen molar-refractivity contribution in [3.63, 3.8) is 0 Å². The molecule has 1 unspecified atom stereocenters. The summed E-state index contributed by atoms with van der Waals surface area (Å²) >= 11 is 0. The van der Waals surface area contributed by atoms with Crippen LogP contribution in [0.1, 0.15) is 13.3 Å². The second-order valence-corrected chi connectivity index (χ2v) is 5.74. The predicted octanol–water partition coefficient (Wildman–Crippen LogP) is -2.26. The molecule has 8 heteroatoms. The molecule has 7 nitrogen and oxygen atoms in total. The van der Waals surface area contributed by atoms with Gasteiger partial charge in [0.25, 0.3) is 0 Å². The zero-order chi connectivity index (χ0) is 12.8. The highest BCUT2D eigenvalue weighted by Crippen LogP contribution is 2.03. The number of nitrogens with one attached hydrogen (secondary N) is 1. The topological polar surface area (TPSA) is 132 Å². The second kappa shape index (κ2) is 6.44. The van der Waals surface area contributed by atoms with E-state index in [2.05, 4.69) is 5.32 Å². The molecule has 0 heterocycles. The zero-order valence-corrected chi connectivity index (χ0v) is 9.92. The molecule has 0 saturated carbocycles. The summed E-state index contributed by atoms with van der Waals surface area (Å²) in [6, 6.07) is 0. The van der Waals surface area contributed by atoms with Crippen molar-refractivity contribution < 1.29 is 18.0 Å². The van der Waals surface area contributed by atoms with Crippen LogP contribution < -0.4 is 16.8 Å². The SMILES string of the molecule is CC(C(N)=O)S(=O)(=O)CCC(=O)NCCN. The smallest absolute Gasteiger partial charge is 0.235 e. The van der Waals surface area contributed by atoms with Gasteiger partial charge in [0, 0.05) is 19.5 Å². The maximum atomic E-state index is 11.4. The number of sulfone groups is 1. The highest BCUT2D eigenvalue weighted by Gasteiger charge is 2.26. The Bertz CT molecular complexity index is 352. The third kappa shape index (κ3) is 5.08. The molecule has 0 aliphatic carbocycles. The van der Waals surface area contributed by atoms with E-state index < -0.39 is 32.7 Å². The van der Waals surface area contributed by atoms with Gasteiger partial charge in [0.1, 0.15) is 5.25 Å². The van der Waals surface area contributed by atoms with E-state index in [1.807, 2.05) is 0 Å². The number of primary amides is 1. The van der Waals surface area contributed by atoms with Crippen molar-refractivity contribution >= 4 is 21.7 Å². The molecule has 0 radical (unpaired) electrons. The number of hydrogen-bond donors (Lipinski definition) is 3. The molecule has 16 heavy (non-hydrogen) atoms. The van der Waals surface area contributed by atoms with E-state index in [1.54, 1.807) is 0 Å². The van der Waals surface area contributed by atoms with Gasteiger partial charge in [0.2, 0.25) is 11.8 Å². The van der Waals surface area contributed by atoms with Gasteiger partial charge in [-0.25, -0.2) is 8.42 Å². The number of rotatable bonds is 7. The van der Waals surface area contributed by atoms with Gasteiger partial charge in [-0.1, -0.05) is 0 Å². The number of amides is 2. The minimum absolute atomic E-state index is 0.194. The average Bonchev–Trinajstić information content (AvgIpc) is 2.22. The highest BCUT2D eigenvalue weighted by atomic mass is 32.2. The lowest BCUT2D eigenvalue weighted by molar-refractivity contribution is -0.121. The molecule has 0 aromatic rings. The first-order valence-corrected chi connectivity index (χ1v) is 6.50. The van der Waals surface area contributed by atoms with Crippen molar-refractivity contribution in [2.45, 2.75) is 18.6 Å². The van der Waals surface area contributed by atoms with E-state index >= 15 is 0 Å². The van der Waals surface area contributed by atoms with Crippen molar-refractivity contribution in [3.05, 3.63) is 0 Å². The molecule has 0 rings (SSSR count). The van der Waals surface area contributed by atoms with Crippen LogP contribution in [0.15, 0.2) is 0 Å². The zero-order valence-electron chi connectivity index (χ0n) is 9.10. The average molecular weight is 251 g/mol. The molecule has 0 aliphatic heterocycles. The van der Waals surface area contributed by atoms with Crippen LogP contribution in [0.5, 0.6) is 0 Å². The van der Waals surface area contributed by atoms with Crippen molar-refractivity contribution in [2.75, 3.05) is 18.8 Å². The summed E-state index contributed by atoms with van der Waals surface area (Å²) in [5.41, 5.74) is 10.0. The Kier molecular flexibility index (Phi) is 5.97. The fraction of sp³-hybridized carbons (Fsp3) is 0.750. The van der Waals surface area contributed by atoms with E-state index in [-0.39, 0.29) is 13.0 Å². The first-order chi connectivity index (χ1) is 7.31. The Hall–Kier alpha value is -1.15. The number of carbonyl (C=O) groups is 2. The van der Waals surface area contributed by atoms with Gasteiger partial charge in [-0.05, 0) is 6.92 Å². The van der Waals surface area contributed by atoms with Crippen molar-refractivity contribution in [1.29, 1.82) is 0 Å². The molecule has 0 spiro atoms. The molecular weight excluding hydrogens is 234 g/mol. The van der Waals surface area contributed by atoms with Crippen molar-refractivity contribution in [3.8, 4) is 0 Å². The normalized spacial score (nSPS) is 13.1. The summed E-state index contributed by atoms with van der Waals surface area (Å²) in [5.74, 6) is -1.72. The molecule has 5 N–H and O–H groups in total. The van der Waals surface area contributed by atoms with Gasteiger partial charge in [0.15, 0.2) is 9.84 Å². The van der Waals surface area contributed by atoms with Gasteiger partial charge in [0.05, 0.1) is 5.75 Å². The molecule has 94 valence electrons. The van der Waals surface area contributed by atoms with Crippen LogP contribution in [0.3, 0.4) is 0 Å². The first-order valence-electron chi connectivity index (χ1n) is 4.79. The van der Waals surface area contributed by atoms with Crippen molar-refractivity contribution in [2.24, 2.45) is 11.5 Å². The van der Waals surface area contributed by atoms with Gasteiger partial charge >= 0.3 is 0 Å². The molecule has 1 atom stereocenters. The summed E-state index contributed by atoms with van der Waals surface area (Å²) in [6.07, 6.45) is -0.194. The van der Waals surface area contributed by atoms with Crippen LogP contribution in [0.25, 0.3) is 0 Å². The Labute approximate surface area is 94.5 Å². The second-order valence-electron chi connectivity index (χ2n) is 3.30. The lowest BCUT2D eigenvalue weighted by Gasteiger charge is -2.09. The van der Waals surface area contributed by atoms with Crippen LogP contribution in [-0.4, -0.2) is 44.3 Å². The predicted molar refractivity (Wildman–Crippen MR) is 59.1 cm³/mol. The summed E-state index contributed by atoms with van der Waals surface area (Å²) in [4.78, 5) is 21.8. The van der Waals surface area contributed by atoms with E-state index in [1.165, 1.54) is 6.92 Å². The Balaban J connectivity index is 4.20. The molecule has 0 bridgehead atoms. The molecule has 0 fully saturated rings. The Morgan fingerprint density at radius 2 is 1.94 bits per heavy atom. The lowest BCUT2D eigenvalue weighted by Crippen LogP contribution is -2.36. The van der Waals surface area contributed by atoms with Crippen molar-refractivity contribution in [1.82, 2.24) is 5.32 Å². The summed E-state index contributed by atoms with van der Waals surface area (Å²) in [6.45, 7) is 1.79. The van der Waals surface area contributed by atoms with Gasteiger partial charge in [-0.2, -0.15) is 0 Å². The molecule has 0 aromatic carbocycles. The van der Waals surface area contributed by atoms with E-state index in [0.29, 0.717) is 6.54 Å². The van der Waals surface area contributed by atoms with Crippen LogP contribution in [0, 0.1) is 0 Å². The fourth-order valence-corrected chi connectivity index (χ4v) is 2.07. The number of hydrogen-bond acceptors (Lipinski definition) is 5. The fourth-order valence-electron chi connectivity index (χ4n) is 0.889. The van der Waals surface area contributed by atoms with Crippen LogP contribution >= 0.6 is 0 Å². The Morgan fingerprint density at radius 3 is 2.38 bits per heavy atom. The standard InChI is InChI=1S/C8H17N3O4S/c1-6(8(10)13)16(14,15)5-2-7(12)11-4-3-9/h6H,2-5,9H2,1H3,(H2,10,13)(H,11,12). The van der Waals surface area contributed by atoms with E-state index in [0.717, 1.165) is 0 Å². The lowest BCUT2D eigenvalue weighted by atomic mass is 10.4. The third-order valence-electron chi connectivity index (χ3n) is 2.02. The minimum atomic E-state index is -3.65. The van der Waals surface area contributed by atoms with Crippen LogP contribution in [0.4, 0.5) is 0 Å². The summed E-state index contributed by atoms with van der Waals surface area (Å²) < 4.78 is 22.9. The van der Waals surface area contributed by atoms with Crippen LogP contribution in [0.2, 0.25) is 0 Å². The molecule has 0 aromatic heterocycles. The van der Waals surface area contributed by atoms with Gasteiger partial charge in [-0.3, -0.25) is 9.59 Å².